The molecule has 0 fully saturated rings. The number of carbonyl (C=O) groups is 1. The van der Waals surface area contributed by atoms with E-state index in [1.54, 1.807) is 24.1 Å². The number of sulfone groups is 1. The minimum Gasteiger partial charge on any atom is -0.493 e. The number of rotatable bonds is 10. The van der Waals surface area contributed by atoms with Crippen LogP contribution in [-0.2, 0) is 21.2 Å². The average molecular weight is 489 g/mol. The average Bonchev–Trinajstić information content (AvgIpc) is 3.15. The van der Waals surface area contributed by atoms with Gasteiger partial charge in [0.1, 0.15) is 5.75 Å². The molecule has 0 atom stereocenters. The van der Waals surface area contributed by atoms with E-state index in [4.69, 9.17) is 17.0 Å². The summed E-state index contributed by atoms with van der Waals surface area (Å²) in [5, 5.41) is 7.13. The highest BCUT2D eigenvalue weighted by atomic mass is 32.2. The standard InChI is InChI=1S/C23H28N4O4S2/c1-17-8-10-18(11-9-17)22-24-25-23(32)27(22)14-12-21(28)26(2)13-5-15-31-19-6-4-7-20(16-19)33(3,29)30/h4,6-11,16H,5,12-15H2,1-3H3,(H,25,32). The van der Waals surface area contributed by atoms with Crippen molar-refractivity contribution in [2.45, 2.75) is 31.2 Å². The zero-order chi connectivity index (χ0) is 24.0. The second-order valence-corrected chi connectivity index (χ2v) is 10.3. The predicted octanol–water partition coefficient (Wildman–Crippen LogP) is 3.64. The molecule has 0 unspecified atom stereocenters. The SMILES string of the molecule is Cc1ccc(-c2n[nH]c(=S)n2CCC(=O)N(C)CCCOc2cccc(S(C)(=O)=O)c2)cc1. The van der Waals surface area contributed by atoms with E-state index in [2.05, 4.69) is 10.2 Å². The number of aromatic amines is 1. The maximum atomic E-state index is 12.6. The Hall–Kier alpha value is -2.98. The summed E-state index contributed by atoms with van der Waals surface area (Å²) in [4.78, 5) is 14.5. The van der Waals surface area contributed by atoms with E-state index in [9.17, 15) is 13.2 Å². The highest BCUT2D eigenvalue weighted by Gasteiger charge is 2.13. The third kappa shape index (κ3) is 6.75. The van der Waals surface area contributed by atoms with Crippen molar-refractivity contribution in [2.75, 3.05) is 26.5 Å². The highest BCUT2D eigenvalue weighted by molar-refractivity contribution is 7.90. The molecule has 8 nitrogen and oxygen atoms in total. The zero-order valence-electron chi connectivity index (χ0n) is 18.9. The lowest BCUT2D eigenvalue weighted by Gasteiger charge is -2.18. The van der Waals surface area contributed by atoms with Crippen molar-refractivity contribution >= 4 is 28.0 Å². The molecule has 0 spiro atoms. The molecule has 0 bridgehead atoms. The maximum absolute atomic E-state index is 12.6. The molecule has 1 amide bonds. The Morgan fingerprint density at radius 2 is 1.94 bits per heavy atom. The van der Waals surface area contributed by atoms with Crippen LogP contribution in [0, 0.1) is 11.7 Å². The molecule has 1 heterocycles. The molecule has 0 aliphatic rings. The van der Waals surface area contributed by atoms with Gasteiger partial charge in [0, 0.05) is 38.4 Å². The summed E-state index contributed by atoms with van der Waals surface area (Å²) >= 11 is 5.35. The van der Waals surface area contributed by atoms with E-state index in [1.165, 1.54) is 12.1 Å². The van der Waals surface area contributed by atoms with E-state index >= 15 is 0 Å². The van der Waals surface area contributed by atoms with E-state index in [1.807, 2.05) is 35.8 Å². The lowest BCUT2D eigenvalue weighted by molar-refractivity contribution is -0.130. The van der Waals surface area contributed by atoms with Gasteiger partial charge >= 0.3 is 0 Å². The number of benzene rings is 2. The summed E-state index contributed by atoms with van der Waals surface area (Å²) in [5.74, 6) is 1.19. The van der Waals surface area contributed by atoms with Crippen LogP contribution in [0.5, 0.6) is 5.75 Å². The molecule has 1 N–H and O–H groups in total. The van der Waals surface area contributed by atoms with E-state index < -0.39 is 9.84 Å². The molecular formula is C23H28N4O4S2. The van der Waals surface area contributed by atoms with Gasteiger partial charge < -0.3 is 9.64 Å². The van der Waals surface area contributed by atoms with E-state index in [-0.39, 0.29) is 10.8 Å². The van der Waals surface area contributed by atoms with Gasteiger partial charge in [-0.15, -0.1) is 0 Å². The number of nitrogens with one attached hydrogen (secondary N) is 1. The van der Waals surface area contributed by atoms with Gasteiger partial charge in [0.15, 0.2) is 20.4 Å². The molecule has 0 saturated heterocycles. The number of nitrogens with zero attached hydrogens (tertiary/aromatic N) is 3. The fourth-order valence-corrected chi connectivity index (χ4v) is 4.14. The maximum Gasteiger partial charge on any atom is 0.224 e. The van der Waals surface area contributed by atoms with Crippen LogP contribution in [0.25, 0.3) is 11.4 Å². The van der Waals surface area contributed by atoms with Crippen LogP contribution in [0.3, 0.4) is 0 Å². The summed E-state index contributed by atoms with van der Waals surface area (Å²) in [5.41, 5.74) is 2.09. The molecule has 3 aromatic rings. The number of hydrogen-bond donors (Lipinski definition) is 1. The Morgan fingerprint density at radius 1 is 1.21 bits per heavy atom. The third-order valence-corrected chi connectivity index (χ3v) is 6.61. The van der Waals surface area contributed by atoms with Crippen LogP contribution < -0.4 is 4.74 Å². The summed E-state index contributed by atoms with van der Waals surface area (Å²) in [7, 11) is -1.53. The van der Waals surface area contributed by atoms with Crippen molar-refractivity contribution in [1.29, 1.82) is 0 Å². The summed E-state index contributed by atoms with van der Waals surface area (Å²) in [6, 6.07) is 14.4. The number of carbonyl (C=O) groups excluding carboxylic acids is 1. The molecule has 0 radical (unpaired) electrons. The van der Waals surface area contributed by atoms with Crippen molar-refractivity contribution < 1.29 is 17.9 Å². The van der Waals surface area contributed by atoms with Gasteiger partial charge in [-0.1, -0.05) is 35.9 Å². The number of aromatic nitrogens is 3. The van der Waals surface area contributed by atoms with Crippen LogP contribution in [0.2, 0.25) is 0 Å². The number of amides is 1. The minimum absolute atomic E-state index is 0.00738. The molecule has 33 heavy (non-hydrogen) atoms. The van der Waals surface area contributed by atoms with Crippen molar-refractivity contribution in [3.05, 3.63) is 58.9 Å². The van der Waals surface area contributed by atoms with Crippen LogP contribution in [-0.4, -0.2) is 60.4 Å². The van der Waals surface area contributed by atoms with Gasteiger partial charge in [0.25, 0.3) is 0 Å². The Balaban J connectivity index is 1.49. The predicted molar refractivity (Wildman–Crippen MR) is 130 cm³/mol. The van der Waals surface area contributed by atoms with Gasteiger partial charge in [-0.25, -0.2) is 8.42 Å². The van der Waals surface area contributed by atoms with Crippen molar-refractivity contribution in [1.82, 2.24) is 19.7 Å². The fraction of sp³-hybridized carbons (Fsp3) is 0.348. The molecule has 176 valence electrons. The van der Waals surface area contributed by atoms with Crippen LogP contribution >= 0.6 is 12.2 Å². The quantitative estimate of drug-likeness (QED) is 0.346. The van der Waals surface area contributed by atoms with Crippen LogP contribution in [0.1, 0.15) is 18.4 Å². The first kappa shape index (κ1) is 24.7. The molecule has 0 aliphatic carbocycles. The summed E-state index contributed by atoms with van der Waals surface area (Å²) in [6.45, 7) is 3.34. The van der Waals surface area contributed by atoms with Gasteiger partial charge in [-0.05, 0) is 43.8 Å². The Morgan fingerprint density at radius 3 is 2.64 bits per heavy atom. The van der Waals surface area contributed by atoms with Crippen LogP contribution in [0.15, 0.2) is 53.4 Å². The van der Waals surface area contributed by atoms with Gasteiger partial charge in [0.05, 0.1) is 11.5 Å². The van der Waals surface area contributed by atoms with Crippen molar-refractivity contribution in [2.24, 2.45) is 0 Å². The molecule has 0 aliphatic heterocycles. The normalized spacial score (nSPS) is 11.4. The number of hydrogen-bond acceptors (Lipinski definition) is 6. The highest BCUT2D eigenvalue weighted by Crippen LogP contribution is 2.19. The van der Waals surface area contributed by atoms with E-state index in [0.717, 1.165) is 17.4 Å². The van der Waals surface area contributed by atoms with Gasteiger partial charge in [-0.2, -0.15) is 5.10 Å². The molecule has 10 heteroatoms. The third-order valence-electron chi connectivity index (χ3n) is 5.18. The lowest BCUT2D eigenvalue weighted by Crippen LogP contribution is -2.29. The summed E-state index contributed by atoms with van der Waals surface area (Å²) in [6.07, 6.45) is 2.07. The summed E-state index contributed by atoms with van der Waals surface area (Å²) < 4.78 is 31.3. The second kappa shape index (κ2) is 10.8. The lowest BCUT2D eigenvalue weighted by atomic mass is 10.1. The van der Waals surface area contributed by atoms with Gasteiger partial charge in [0.2, 0.25) is 5.91 Å². The smallest absolute Gasteiger partial charge is 0.224 e. The second-order valence-electron chi connectivity index (χ2n) is 7.88. The Kier molecular flexibility index (Phi) is 8.04. The molecule has 3 rings (SSSR count). The largest absolute Gasteiger partial charge is 0.493 e. The minimum atomic E-state index is -3.28. The number of aryl methyl sites for hydroxylation is 1. The first-order valence-electron chi connectivity index (χ1n) is 10.5. The monoisotopic (exact) mass is 488 g/mol. The van der Waals surface area contributed by atoms with Gasteiger partial charge in [-0.3, -0.25) is 14.5 Å². The van der Waals surface area contributed by atoms with E-state index in [0.29, 0.717) is 48.9 Å². The molecular weight excluding hydrogens is 460 g/mol. The number of ether oxygens (including phenoxy) is 1. The molecule has 0 saturated carbocycles. The van der Waals surface area contributed by atoms with Crippen LogP contribution in [0.4, 0.5) is 0 Å². The molecule has 1 aromatic heterocycles. The topological polar surface area (TPSA) is 97.3 Å². The fourth-order valence-electron chi connectivity index (χ4n) is 3.26. The first-order valence-corrected chi connectivity index (χ1v) is 12.8. The zero-order valence-corrected chi connectivity index (χ0v) is 20.6. The van der Waals surface area contributed by atoms with Crippen molar-refractivity contribution in [3.63, 3.8) is 0 Å². The number of H-pyrrole nitrogens is 1. The Labute approximate surface area is 199 Å². The Bertz CT molecular complexity index is 1260. The first-order chi connectivity index (χ1) is 15.6. The van der Waals surface area contributed by atoms with Crippen molar-refractivity contribution in [3.8, 4) is 17.1 Å². The molecule has 2 aromatic carbocycles.